The van der Waals surface area contributed by atoms with Crippen LogP contribution in [-0.2, 0) is 4.79 Å². The van der Waals surface area contributed by atoms with Crippen LogP contribution in [0.2, 0.25) is 0 Å². The maximum Gasteiger partial charge on any atom is 0.242 e. The van der Waals surface area contributed by atoms with Gasteiger partial charge in [-0.25, -0.2) is 4.39 Å². The van der Waals surface area contributed by atoms with Crippen LogP contribution in [0.25, 0.3) is 0 Å². The summed E-state index contributed by atoms with van der Waals surface area (Å²) in [4.78, 5) is 14.4. The number of thiol groups is 1. The van der Waals surface area contributed by atoms with E-state index in [2.05, 4.69) is 19.6 Å². The molecule has 1 amide bonds. The molecule has 1 unspecified atom stereocenters. The Hall–Kier alpha value is -1.03. The number of nitrogens with zero attached hydrogens (tertiary/aromatic N) is 1. The van der Waals surface area contributed by atoms with Crippen molar-refractivity contribution in [3.63, 3.8) is 0 Å². The largest absolute Gasteiger partial charge is 0.308 e. The zero-order chi connectivity index (χ0) is 15.5. The molecular weight excluding hydrogens is 273 g/mol. The third-order valence-electron chi connectivity index (χ3n) is 3.31. The lowest BCUT2D eigenvalue weighted by molar-refractivity contribution is -0.120. The van der Waals surface area contributed by atoms with Gasteiger partial charge in [-0.3, -0.25) is 4.79 Å². The quantitative estimate of drug-likeness (QED) is 0.800. The van der Waals surface area contributed by atoms with E-state index in [1.807, 2.05) is 6.92 Å². The Balaban J connectivity index is 3.22. The number of halogens is 1. The Labute approximate surface area is 126 Å². The molecule has 0 aliphatic rings. The Morgan fingerprint density at radius 1 is 1.45 bits per heavy atom. The van der Waals surface area contributed by atoms with Gasteiger partial charge in [0.05, 0.1) is 4.75 Å². The lowest BCUT2D eigenvalue weighted by Gasteiger charge is -2.34. The van der Waals surface area contributed by atoms with E-state index in [1.165, 1.54) is 6.07 Å². The molecule has 1 aromatic rings. The van der Waals surface area contributed by atoms with Gasteiger partial charge in [0.15, 0.2) is 0 Å². The smallest absolute Gasteiger partial charge is 0.242 e. The Morgan fingerprint density at radius 3 is 2.50 bits per heavy atom. The van der Waals surface area contributed by atoms with Crippen LogP contribution in [0.4, 0.5) is 10.1 Å². The summed E-state index contributed by atoms with van der Waals surface area (Å²) in [7, 11) is 0. The van der Waals surface area contributed by atoms with Crippen molar-refractivity contribution >= 4 is 24.2 Å². The first-order valence-corrected chi connectivity index (χ1v) is 7.45. The average molecular weight is 297 g/mol. The van der Waals surface area contributed by atoms with Crippen molar-refractivity contribution in [1.29, 1.82) is 0 Å². The fraction of sp³-hybridized carbons (Fsp3) is 0.562. The SMILES string of the molecule is CCCC(C)N(C(=O)C(C)(C)S)c1ccc(F)c(C)c1. The number of benzene rings is 1. The van der Waals surface area contributed by atoms with Crippen LogP contribution in [0.3, 0.4) is 0 Å². The molecule has 4 heteroatoms. The van der Waals surface area contributed by atoms with E-state index in [4.69, 9.17) is 0 Å². The molecule has 0 spiro atoms. The molecule has 1 atom stereocenters. The summed E-state index contributed by atoms with van der Waals surface area (Å²) in [5, 5.41) is 0. The standard InChI is InChI=1S/C16H24FNOS/c1-6-7-12(3)18(15(19)16(4,5)20)13-8-9-14(17)11(2)10-13/h8-10,12,20H,6-7H2,1-5H3. The van der Waals surface area contributed by atoms with Crippen molar-refractivity contribution in [3.05, 3.63) is 29.6 Å². The second-order valence-corrected chi connectivity index (χ2v) is 6.92. The molecule has 20 heavy (non-hydrogen) atoms. The predicted octanol–water partition coefficient (Wildman–Crippen LogP) is 4.36. The van der Waals surface area contributed by atoms with Gasteiger partial charge in [-0.15, -0.1) is 0 Å². The maximum atomic E-state index is 13.4. The summed E-state index contributed by atoms with van der Waals surface area (Å²) in [5.74, 6) is -0.317. The van der Waals surface area contributed by atoms with Gasteiger partial charge in [0, 0.05) is 11.7 Å². The number of amides is 1. The van der Waals surface area contributed by atoms with Crippen LogP contribution >= 0.6 is 12.6 Å². The van der Waals surface area contributed by atoms with E-state index in [-0.39, 0.29) is 17.8 Å². The van der Waals surface area contributed by atoms with Gasteiger partial charge in [-0.05, 0) is 57.9 Å². The summed E-state index contributed by atoms with van der Waals surface area (Å²) in [6.07, 6.45) is 1.88. The minimum absolute atomic E-state index is 0.0591. The molecule has 0 aromatic heterocycles. The molecule has 0 heterocycles. The molecule has 0 N–H and O–H groups in total. The fourth-order valence-electron chi connectivity index (χ4n) is 2.19. The first-order chi connectivity index (χ1) is 9.18. The molecular formula is C16H24FNOS. The highest BCUT2D eigenvalue weighted by Gasteiger charge is 2.32. The number of hydrogen-bond donors (Lipinski definition) is 1. The van der Waals surface area contributed by atoms with E-state index in [0.29, 0.717) is 5.56 Å². The van der Waals surface area contributed by atoms with Gasteiger partial charge in [0.2, 0.25) is 5.91 Å². The highest BCUT2D eigenvalue weighted by atomic mass is 32.1. The summed E-state index contributed by atoms with van der Waals surface area (Å²) in [6, 6.07) is 4.85. The lowest BCUT2D eigenvalue weighted by Crippen LogP contribution is -2.47. The Bertz CT molecular complexity index is 482. The van der Waals surface area contributed by atoms with E-state index < -0.39 is 4.75 Å². The van der Waals surface area contributed by atoms with E-state index in [0.717, 1.165) is 18.5 Å². The number of carbonyl (C=O) groups is 1. The summed E-state index contributed by atoms with van der Waals surface area (Å²) >= 11 is 4.38. The van der Waals surface area contributed by atoms with Crippen LogP contribution in [0.1, 0.15) is 46.1 Å². The zero-order valence-corrected chi connectivity index (χ0v) is 13.8. The van der Waals surface area contributed by atoms with Crippen LogP contribution in [0.15, 0.2) is 18.2 Å². The molecule has 1 aromatic carbocycles. The topological polar surface area (TPSA) is 20.3 Å². The fourth-order valence-corrected chi connectivity index (χ4v) is 2.30. The van der Waals surface area contributed by atoms with Crippen molar-refractivity contribution in [1.82, 2.24) is 0 Å². The first kappa shape index (κ1) is 17.0. The number of carbonyl (C=O) groups excluding carboxylic acids is 1. The van der Waals surface area contributed by atoms with Gasteiger partial charge in [-0.1, -0.05) is 13.3 Å². The third-order valence-corrected chi connectivity index (χ3v) is 3.50. The lowest BCUT2D eigenvalue weighted by atomic mass is 10.1. The molecule has 2 nitrogen and oxygen atoms in total. The van der Waals surface area contributed by atoms with Crippen LogP contribution in [-0.4, -0.2) is 16.7 Å². The molecule has 0 saturated carbocycles. The van der Waals surface area contributed by atoms with Gasteiger partial charge in [0.1, 0.15) is 5.82 Å². The Morgan fingerprint density at radius 2 is 2.05 bits per heavy atom. The van der Waals surface area contributed by atoms with Crippen LogP contribution in [0, 0.1) is 12.7 Å². The van der Waals surface area contributed by atoms with Gasteiger partial charge in [0.25, 0.3) is 0 Å². The first-order valence-electron chi connectivity index (χ1n) is 7.00. The van der Waals surface area contributed by atoms with Crippen molar-refractivity contribution in [2.75, 3.05) is 4.90 Å². The third kappa shape index (κ3) is 3.98. The Kier molecular flexibility index (Phi) is 5.63. The molecule has 0 fully saturated rings. The van der Waals surface area contributed by atoms with Crippen molar-refractivity contribution in [3.8, 4) is 0 Å². The average Bonchev–Trinajstić information content (AvgIpc) is 2.33. The normalized spacial score (nSPS) is 13.2. The minimum atomic E-state index is -0.760. The van der Waals surface area contributed by atoms with Crippen molar-refractivity contribution in [2.24, 2.45) is 0 Å². The molecule has 0 aliphatic heterocycles. The summed E-state index contributed by atoms with van der Waals surface area (Å²) in [6.45, 7) is 9.36. The monoisotopic (exact) mass is 297 g/mol. The highest BCUT2D eigenvalue weighted by Crippen LogP contribution is 2.27. The van der Waals surface area contributed by atoms with Crippen LogP contribution in [0.5, 0.6) is 0 Å². The second-order valence-electron chi connectivity index (χ2n) is 5.81. The van der Waals surface area contributed by atoms with E-state index >= 15 is 0 Å². The molecule has 0 radical (unpaired) electrons. The molecule has 0 bridgehead atoms. The van der Waals surface area contributed by atoms with Crippen molar-refractivity contribution < 1.29 is 9.18 Å². The number of aryl methyl sites for hydroxylation is 1. The van der Waals surface area contributed by atoms with Crippen molar-refractivity contribution in [2.45, 2.75) is 58.2 Å². The molecule has 1 rings (SSSR count). The predicted molar refractivity (Wildman–Crippen MR) is 86.1 cm³/mol. The number of rotatable bonds is 5. The van der Waals surface area contributed by atoms with Gasteiger partial charge >= 0.3 is 0 Å². The van der Waals surface area contributed by atoms with Gasteiger partial charge < -0.3 is 4.90 Å². The van der Waals surface area contributed by atoms with E-state index in [9.17, 15) is 9.18 Å². The molecule has 0 aliphatic carbocycles. The summed E-state index contributed by atoms with van der Waals surface area (Å²) < 4.78 is 12.7. The van der Waals surface area contributed by atoms with E-state index in [1.54, 1.807) is 37.8 Å². The molecule has 0 saturated heterocycles. The summed E-state index contributed by atoms with van der Waals surface area (Å²) in [5.41, 5.74) is 1.28. The zero-order valence-electron chi connectivity index (χ0n) is 12.9. The highest BCUT2D eigenvalue weighted by molar-refractivity contribution is 7.82. The number of anilines is 1. The van der Waals surface area contributed by atoms with Gasteiger partial charge in [-0.2, -0.15) is 12.6 Å². The number of hydrogen-bond acceptors (Lipinski definition) is 2. The molecule has 112 valence electrons. The second kappa shape index (κ2) is 6.61. The maximum absolute atomic E-state index is 13.4. The van der Waals surface area contributed by atoms with Crippen LogP contribution < -0.4 is 4.90 Å². The minimum Gasteiger partial charge on any atom is -0.308 e.